The van der Waals surface area contributed by atoms with Gasteiger partial charge in [0.05, 0.1) is 5.56 Å². The van der Waals surface area contributed by atoms with Gasteiger partial charge in [0.1, 0.15) is 16.9 Å². The molecule has 5 rings (SSSR count). The number of aromatic nitrogens is 4. The van der Waals surface area contributed by atoms with Gasteiger partial charge in [-0.05, 0) is 25.1 Å². The molecule has 0 spiro atoms. The van der Waals surface area contributed by atoms with E-state index in [4.69, 9.17) is 0 Å². The van der Waals surface area contributed by atoms with Crippen LogP contribution in [0, 0.1) is 6.92 Å². The highest BCUT2D eigenvalue weighted by Gasteiger charge is 2.21. The van der Waals surface area contributed by atoms with Crippen LogP contribution in [0.15, 0.2) is 73.2 Å². The fourth-order valence-electron chi connectivity index (χ4n) is 3.57. The second-order valence-corrected chi connectivity index (χ2v) is 6.94. The van der Waals surface area contributed by atoms with Crippen LogP contribution >= 0.6 is 0 Å². The number of hydrogen-bond donors (Lipinski definition) is 2. The van der Waals surface area contributed by atoms with Crippen molar-refractivity contribution in [1.82, 2.24) is 15.0 Å². The molecule has 2 N–H and O–H groups in total. The van der Waals surface area contributed by atoms with Gasteiger partial charge in [-0.15, -0.1) is 4.57 Å². The fourth-order valence-corrected chi connectivity index (χ4v) is 3.57. The highest BCUT2D eigenvalue weighted by Crippen LogP contribution is 2.21. The third kappa shape index (κ3) is 2.91. The zero-order chi connectivity index (χ0) is 20.0. The molecule has 29 heavy (non-hydrogen) atoms. The Labute approximate surface area is 165 Å². The molecule has 2 aromatic carbocycles. The Bertz CT molecular complexity index is 1410. The molecule has 6 nitrogen and oxygen atoms in total. The lowest BCUT2D eigenvalue weighted by molar-refractivity contribution is -0.569. The van der Waals surface area contributed by atoms with E-state index in [2.05, 4.69) is 15.0 Å². The van der Waals surface area contributed by atoms with Gasteiger partial charge in [-0.1, -0.05) is 30.3 Å². The molecule has 6 heteroatoms. The number of para-hydroxylation sites is 1. The summed E-state index contributed by atoms with van der Waals surface area (Å²) in [5.74, 6) is 0.450. The Hall–Kier alpha value is -4.06. The Morgan fingerprint density at radius 2 is 1.79 bits per heavy atom. The van der Waals surface area contributed by atoms with Crippen molar-refractivity contribution in [2.24, 2.45) is 0 Å². The Morgan fingerprint density at radius 1 is 0.966 bits per heavy atom. The van der Waals surface area contributed by atoms with E-state index >= 15 is 0 Å². The van der Waals surface area contributed by atoms with E-state index in [9.17, 15) is 9.59 Å². The number of aromatic amines is 2. The number of aryl methyl sites for hydroxylation is 1. The SMILES string of the molecule is Cc1nc2cc[n+](C(=O)c3cccc(C(=O)c4c[nH]c5ccccc45)c3)cc2[nH]1. The first-order valence-electron chi connectivity index (χ1n) is 9.23. The predicted molar refractivity (Wildman–Crippen MR) is 109 cm³/mol. The zero-order valence-electron chi connectivity index (χ0n) is 15.6. The standard InChI is InChI=1S/C23H16N4O2/c1-14-25-20-9-10-27(13-21(20)26-14)23(29)16-6-4-5-15(11-16)22(28)18-12-24-19-8-3-2-7-17(18)19/h2-13H,1H3,(H,24,28)/p+1. The number of benzene rings is 2. The number of hydrogen-bond acceptors (Lipinski definition) is 3. The van der Waals surface area contributed by atoms with E-state index in [1.807, 2.05) is 31.2 Å². The summed E-state index contributed by atoms with van der Waals surface area (Å²) in [6.45, 7) is 1.87. The summed E-state index contributed by atoms with van der Waals surface area (Å²) in [5.41, 5.74) is 3.99. The number of ketones is 1. The van der Waals surface area contributed by atoms with Gasteiger partial charge in [0.15, 0.2) is 12.0 Å². The van der Waals surface area contributed by atoms with Crippen molar-refractivity contribution in [1.29, 1.82) is 0 Å². The van der Waals surface area contributed by atoms with Crippen molar-refractivity contribution in [2.75, 3.05) is 0 Å². The molecule has 0 fully saturated rings. The summed E-state index contributed by atoms with van der Waals surface area (Å²) in [4.78, 5) is 36.6. The van der Waals surface area contributed by atoms with Crippen molar-refractivity contribution in [2.45, 2.75) is 6.92 Å². The van der Waals surface area contributed by atoms with E-state index in [0.29, 0.717) is 16.7 Å². The highest BCUT2D eigenvalue weighted by atomic mass is 16.2. The summed E-state index contributed by atoms with van der Waals surface area (Å²) in [6.07, 6.45) is 5.11. The van der Waals surface area contributed by atoms with E-state index in [-0.39, 0.29) is 11.7 Å². The lowest BCUT2D eigenvalue weighted by Gasteiger charge is -2.02. The van der Waals surface area contributed by atoms with Gasteiger partial charge in [-0.3, -0.25) is 4.79 Å². The molecule has 0 saturated heterocycles. The largest absolute Gasteiger partial charge is 0.424 e. The number of rotatable bonds is 3. The van der Waals surface area contributed by atoms with E-state index in [1.54, 1.807) is 48.9 Å². The highest BCUT2D eigenvalue weighted by molar-refractivity contribution is 6.16. The van der Waals surface area contributed by atoms with E-state index in [1.165, 1.54) is 4.57 Å². The maximum Gasteiger partial charge on any atom is 0.424 e. The van der Waals surface area contributed by atoms with Gasteiger partial charge >= 0.3 is 5.91 Å². The maximum atomic E-state index is 13.1. The number of imidazole rings is 1. The van der Waals surface area contributed by atoms with Crippen LogP contribution in [0.25, 0.3) is 21.9 Å². The molecule has 0 aliphatic heterocycles. The average Bonchev–Trinajstić information content (AvgIpc) is 3.34. The molecule has 0 atom stereocenters. The molecule has 3 aromatic heterocycles. The number of fused-ring (bicyclic) bond motifs is 2. The van der Waals surface area contributed by atoms with Crippen molar-refractivity contribution >= 4 is 33.6 Å². The van der Waals surface area contributed by atoms with E-state index in [0.717, 1.165) is 27.8 Å². The van der Waals surface area contributed by atoms with Gasteiger partial charge in [0.2, 0.25) is 6.20 Å². The van der Waals surface area contributed by atoms with Crippen LogP contribution in [0.1, 0.15) is 32.1 Å². The number of nitrogens with one attached hydrogen (secondary N) is 2. The molecule has 0 bridgehead atoms. The summed E-state index contributed by atoms with van der Waals surface area (Å²) in [5, 5.41) is 0.865. The molecule has 0 amide bonds. The van der Waals surface area contributed by atoms with Gasteiger partial charge in [0, 0.05) is 34.3 Å². The Balaban J connectivity index is 1.51. The summed E-state index contributed by atoms with van der Waals surface area (Å²) < 4.78 is 1.50. The molecule has 0 unspecified atom stereocenters. The third-order valence-corrected chi connectivity index (χ3v) is 4.98. The predicted octanol–water partition coefficient (Wildman–Crippen LogP) is 3.56. The molecule has 0 saturated carbocycles. The smallest absolute Gasteiger partial charge is 0.360 e. The zero-order valence-corrected chi connectivity index (χ0v) is 15.6. The van der Waals surface area contributed by atoms with Crippen molar-refractivity contribution in [3.8, 4) is 0 Å². The first kappa shape index (κ1) is 17.1. The third-order valence-electron chi connectivity index (χ3n) is 4.98. The molecule has 5 aromatic rings. The number of nitrogens with zero attached hydrogens (tertiary/aromatic N) is 2. The first-order chi connectivity index (χ1) is 14.1. The normalized spacial score (nSPS) is 11.2. The van der Waals surface area contributed by atoms with Crippen LogP contribution in [0.2, 0.25) is 0 Å². The maximum absolute atomic E-state index is 13.1. The summed E-state index contributed by atoms with van der Waals surface area (Å²) >= 11 is 0. The second kappa shape index (κ2) is 6.53. The van der Waals surface area contributed by atoms with Gasteiger partial charge < -0.3 is 9.97 Å². The van der Waals surface area contributed by atoms with Gasteiger partial charge in [0.25, 0.3) is 0 Å². The molecular formula is C23H17N4O2+. The van der Waals surface area contributed by atoms with Crippen LogP contribution < -0.4 is 4.57 Å². The molecule has 140 valence electrons. The van der Waals surface area contributed by atoms with Crippen molar-refractivity contribution < 1.29 is 14.2 Å². The van der Waals surface area contributed by atoms with E-state index < -0.39 is 0 Å². The van der Waals surface area contributed by atoms with Crippen molar-refractivity contribution in [3.63, 3.8) is 0 Å². The van der Waals surface area contributed by atoms with Crippen molar-refractivity contribution in [3.05, 3.63) is 95.7 Å². The minimum Gasteiger partial charge on any atom is -0.360 e. The Morgan fingerprint density at radius 3 is 2.69 bits per heavy atom. The number of carbonyl (C=O) groups is 2. The minimum atomic E-state index is -0.215. The van der Waals surface area contributed by atoms with Gasteiger partial charge in [-0.25, -0.2) is 9.78 Å². The molecule has 0 radical (unpaired) electrons. The monoisotopic (exact) mass is 381 g/mol. The second-order valence-electron chi connectivity index (χ2n) is 6.94. The Kier molecular flexibility index (Phi) is 3.84. The molecule has 0 aliphatic carbocycles. The summed E-state index contributed by atoms with van der Waals surface area (Å²) in [6, 6.07) is 16.3. The summed E-state index contributed by atoms with van der Waals surface area (Å²) in [7, 11) is 0. The lowest BCUT2D eigenvalue weighted by atomic mass is 10.0. The average molecular weight is 381 g/mol. The topological polar surface area (TPSA) is 82.5 Å². The lowest BCUT2D eigenvalue weighted by Crippen LogP contribution is -2.42. The number of H-pyrrole nitrogens is 2. The van der Waals surface area contributed by atoms with Gasteiger partial charge in [-0.2, -0.15) is 0 Å². The van der Waals surface area contributed by atoms with Crippen LogP contribution in [-0.4, -0.2) is 26.6 Å². The van der Waals surface area contributed by atoms with Crippen LogP contribution in [0.4, 0.5) is 0 Å². The minimum absolute atomic E-state index is 0.123. The molecular weight excluding hydrogens is 364 g/mol. The number of pyridine rings is 1. The fraction of sp³-hybridized carbons (Fsp3) is 0.0435. The molecule has 0 aliphatic rings. The first-order valence-corrected chi connectivity index (χ1v) is 9.23. The quantitative estimate of drug-likeness (QED) is 0.370. The number of carbonyl (C=O) groups excluding carboxylic acids is 2. The van der Waals surface area contributed by atoms with Crippen LogP contribution in [0.5, 0.6) is 0 Å². The van der Waals surface area contributed by atoms with Crippen LogP contribution in [-0.2, 0) is 0 Å². The molecule has 3 heterocycles. The van der Waals surface area contributed by atoms with Crippen LogP contribution in [0.3, 0.4) is 0 Å².